The lowest BCUT2D eigenvalue weighted by Gasteiger charge is -2.04. The van der Waals surface area contributed by atoms with Gasteiger partial charge in [0.25, 0.3) is 0 Å². The van der Waals surface area contributed by atoms with E-state index in [4.69, 9.17) is 16.7 Å². The average Bonchev–Trinajstić information content (AvgIpc) is 1.65. The zero-order valence-electron chi connectivity index (χ0n) is 4.13. The van der Waals surface area contributed by atoms with Gasteiger partial charge in [-0.25, -0.2) is 0 Å². The molecule has 3 nitrogen and oxygen atoms in total. The molecule has 0 aromatic carbocycles. The Morgan fingerprint density at radius 1 is 1.88 bits per heavy atom. The third-order valence-electron chi connectivity index (χ3n) is 0.580. The molecule has 0 saturated heterocycles. The number of hydrogen-bond acceptors (Lipinski definition) is 3. The van der Waals surface area contributed by atoms with Crippen molar-refractivity contribution in [1.29, 1.82) is 0 Å². The SMILES string of the molecule is O=C([O-])C[C@@H](O)CCl. The number of carbonyl (C=O) groups excluding carboxylic acids is 1. The summed E-state index contributed by atoms with van der Waals surface area (Å²) in [7, 11) is 0. The number of alkyl halides is 1. The molecule has 0 amide bonds. The summed E-state index contributed by atoms with van der Waals surface area (Å²) in [6.45, 7) is 0. The molecule has 0 aromatic rings. The number of carboxylic acid groups (broad SMARTS) is 1. The molecule has 0 heterocycles. The van der Waals surface area contributed by atoms with Crippen molar-refractivity contribution < 1.29 is 15.0 Å². The van der Waals surface area contributed by atoms with Crippen LogP contribution in [0.2, 0.25) is 0 Å². The van der Waals surface area contributed by atoms with Gasteiger partial charge in [0.05, 0.1) is 6.10 Å². The summed E-state index contributed by atoms with van der Waals surface area (Å²) in [5.74, 6) is -1.34. The highest BCUT2D eigenvalue weighted by molar-refractivity contribution is 6.18. The molecule has 8 heavy (non-hydrogen) atoms. The molecular formula is C4H6ClO3-. The van der Waals surface area contributed by atoms with Gasteiger partial charge in [-0.1, -0.05) is 0 Å². The minimum absolute atomic E-state index is 0.0615. The van der Waals surface area contributed by atoms with Crippen molar-refractivity contribution in [2.24, 2.45) is 0 Å². The molecular weight excluding hydrogens is 131 g/mol. The van der Waals surface area contributed by atoms with Crippen LogP contribution in [0.15, 0.2) is 0 Å². The molecule has 48 valence electrons. The maximum Gasteiger partial charge on any atom is 0.0727 e. The molecule has 0 aliphatic carbocycles. The van der Waals surface area contributed by atoms with E-state index in [0.29, 0.717) is 0 Å². The number of aliphatic hydroxyl groups excluding tert-OH is 1. The lowest BCUT2D eigenvalue weighted by atomic mass is 10.3. The molecule has 0 fully saturated rings. The number of aliphatic hydroxyl groups is 1. The molecule has 0 aromatic heterocycles. The van der Waals surface area contributed by atoms with Gasteiger partial charge in [0.1, 0.15) is 0 Å². The minimum atomic E-state index is -1.28. The number of hydrogen-bond donors (Lipinski definition) is 1. The van der Waals surface area contributed by atoms with Gasteiger partial charge in [-0.2, -0.15) is 0 Å². The van der Waals surface area contributed by atoms with Gasteiger partial charge in [0, 0.05) is 18.3 Å². The molecule has 0 aliphatic heterocycles. The fraction of sp³-hybridized carbons (Fsp3) is 0.750. The lowest BCUT2D eigenvalue weighted by molar-refractivity contribution is -0.307. The molecule has 1 atom stereocenters. The highest BCUT2D eigenvalue weighted by atomic mass is 35.5. The van der Waals surface area contributed by atoms with Crippen LogP contribution in [0.25, 0.3) is 0 Å². The molecule has 0 rings (SSSR count). The van der Waals surface area contributed by atoms with Crippen molar-refractivity contribution in [1.82, 2.24) is 0 Å². The predicted molar refractivity (Wildman–Crippen MR) is 26.4 cm³/mol. The van der Waals surface area contributed by atoms with Crippen LogP contribution in [0.5, 0.6) is 0 Å². The number of carboxylic acids is 1. The summed E-state index contributed by atoms with van der Waals surface area (Å²) in [6.07, 6.45) is -1.36. The number of aliphatic carboxylic acids is 1. The summed E-state index contributed by atoms with van der Waals surface area (Å²) in [4.78, 5) is 9.64. The van der Waals surface area contributed by atoms with E-state index >= 15 is 0 Å². The van der Waals surface area contributed by atoms with E-state index in [1.165, 1.54) is 0 Å². The van der Waals surface area contributed by atoms with Crippen LogP contribution in [0.1, 0.15) is 6.42 Å². The van der Waals surface area contributed by atoms with Crippen molar-refractivity contribution in [3.05, 3.63) is 0 Å². The lowest BCUT2D eigenvalue weighted by Crippen LogP contribution is -2.27. The Kier molecular flexibility index (Phi) is 3.56. The summed E-state index contributed by atoms with van der Waals surface area (Å²) in [6, 6.07) is 0. The Morgan fingerprint density at radius 2 is 2.38 bits per heavy atom. The topological polar surface area (TPSA) is 60.4 Å². The van der Waals surface area contributed by atoms with Gasteiger partial charge in [-0.15, -0.1) is 11.6 Å². The normalized spacial score (nSPS) is 13.2. The Balaban J connectivity index is 3.24. The third-order valence-corrected chi connectivity index (χ3v) is 0.937. The zero-order chi connectivity index (χ0) is 6.57. The molecule has 4 heteroatoms. The Labute approximate surface area is 51.9 Å². The molecule has 0 saturated carbocycles. The van der Waals surface area contributed by atoms with Crippen LogP contribution in [-0.4, -0.2) is 23.1 Å². The zero-order valence-corrected chi connectivity index (χ0v) is 4.89. The largest absolute Gasteiger partial charge is 0.550 e. The summed E-state index contributed by atoms with van der Waals surface area (Å²) >= 11 is 5.05. The Hall–Kier alpha value is -0.280. The summed E-state index contributed by atoms with van der Waals surface area (Å²) < 4.78 is 0. The van der Waals surface area contributed by atoms with Gasteiger partial charge in [-0.05, 0) is 0 Å². The number of rotatable bonds is 3. The van der Waals surface area contributed by atoms with Gasteiger partial charge in [-0.3, -0.25) is 0 Å². The first-order valence-electron chi connectivity index (χ1n) is 2.10. The molecule has 1 N–H and O–H groups in total. The molecule has 0 radical (unpaired) electrons. The smallest absolute Gasteiger partial charge is 0.0727 e. The van der Waals surface area contributed by atoms with Crippen LogP contribution in [0.4, 0.5) is 0 Å². The van der Waals surface area contributed by atoms with E-state index in [-0.39, 0.29) is 12.3 Å². The highest BCUT2D eigenvalue weighted by Gasteiger charge is 1.99. The molecule has 0 aliphatic rings. The van der Waals surface area contributed by atoms with Gasteiger partial charge >= 0.3 is 0 Å². The van der Waals surface area contributed by atoms with Crippen LogP contribution < -0.4 is 5.11 Å². The fourth-order valence-electron chi connectivity index (χ4n) is 0.247. The van der Waals surface area contributed by atoms with E-state index in [9.17, 15) is 9.90 Å². The van der Waals surface area contributed by atoms with Crippen LogP contribution in [0, 0.1) is 0 Å². The molecule has 0 bridgehead atoms. The predicted octanol–water partition coefficient (Wildman–Crippen LogP) is -1.27. The monoisotopic (exact) mass is 137 g/mol. The minimum Gasteiger partial charge on any atom is -0.550 e. The van der Waals surface area contributed by atoms with Crippen LogP contribution in [-0.2, 0) is 4.79 Å². The van der Waals surface area contributed by atoms with E-state index in [0.717, 1.165) is 0 Å². The highest BCUT2D eigenvalue weighted by Crippen LogP contribution is 1.91. The first-order chi connectivity index (χ1) is 3.66. The van der Waals surface area contributed by atoms with Gasteiger partial charge in [0.15, 0.2) is 0 Å². The second-order valence-electron chi connectivity index (χ2n) is 1.38. The summed E-state index contributed by atoms with van der Waals surface area (Å²) in [5.41, 5.74) is 0. The van der Waals surface area contributed by atoms with Crippen molar-refractivity contribution >= 4 is 17.6 Å². The van der Waals surface area contributed by atoms with Crippen LogP contribution in [0.3, 0.4) is 0 Å². The second-order valence-corrected chi connectivity index (χ2v) is 1.69. The summed E-state index contributed by atoms with van der Waals surface area (Å²) in [5, 5.41) is 18.1. The molecule has 0 spiro atoms. The van der Waals surface area contributed by atoms with Crippen molar-refractivity contribution in [3.63, 3.8) is 0 Å². The fourth-order valence-corrected chi connectivity index (χ4v) is 0.356. The maximum atomic E-state index is 9.64. The first-order valence-corrected chi connectivity index (χ1v) is 2.64. The van der Waals surface area contributed by atoms with Crippen molar-refractivity contribution in [2.75, 3.05) is 5.88 Å². The van der Waals surface area contributed by atoms with E-state index in [1.54, 1.807) is 0 Å². The van der Waals surface area contributed by atoms with E-state index < -0.39 is 12.1 Å². The third kappa shape index (κ3) is 3.89. The average molecular weight is 138 g/mol. The molecule has 0 unspecified atom stereocenters. The Morgan fingerprint density at radius 3 is 2.50 bits per heavy atom. The quantitative estimate of drug-likeness (QED) is 0.494. The van der Waals surface area contributed by atoms with Crippen molar-refractivity contribution in [3.8, 4) is 0 Å². The second kappa shape index (κ2) is 3.69. The van der Waals surface area contributed by atoms with Gasteiger partial charge in [0.2, 0.25) is 0 Å². The number of halogens is 1. The Bertz CT molecular complexity index is 83.4. The maximum absolute atomic E-state index is 9.64. The van der Waals surface area contributed by atoms with E-state index in [1.807, 2.05) is 0 Å². The van der Waals surface area contributed by atoms with Gasteiger partial charge < -0.3 is 15.0 Å². The first kappa shape index (κ1) is 7.72. The van der Waals surface area contributed by atoms with Crippen molar-refractivity contribution in [2.45, 2.75) is 12.5 Å². The standard InChI is InChI=1S/C4H7ClO3/c5-2-3(6)1-4(7)8/h3,6H,1-2H2,(H,7,8)/p-1/t3-/m1/s1. The van der Waals surface area contributed by atoms with Crippen LogP contribution >= 0.6 is 11.6 Å². The van der Waals surface area contributed by atoms with E-state index in [2.05, 4.69) is 0 Å². The number of carbonyl (C=O) groups is 1.